The lowest BCUT2D eigenvalue weighted by Crippen LogP contribution is -1.87. The van der Waals surface area contributed by atoms with Crippen LogP contribution in [0.25, 0.3) is 11.1 Å². The van der Waals surface area contributed by atoms with Crippen LogP contribution in [-0.4, -0.2) is 12.1 Å². The molecule has 0 aliphatic rings. The molecule has 82 valence electrons. The quantitative estimate of drug-likeness (QED) is 0.691. The van der Waals surface area contributed by atoms with E-state index in [-0.39, 0.29) is 10.5 Å². The van der Waals surface area contributed by atoms with Crippen LogP contribution in [0.1, 0.15) is 5.56 Å². The first kappa shape index (κ1) is 11.2. The minimum Gasteiger partial charge on any atom is -0.192 e. The number of benzene rings is 2. The molecule has 0 nitrogen and oxygen atoms in total. The fraction of sp³-hybridized carbons (Fsp3) is 0.133. The Hall–Kier alpha value is -1.34. The molecule has 0 aromatic heterocycles. The molecule has 0 N–H and O–H groups in total. The molecule has 16 heavy (non-hydrogen) atoms. The summed E-state index contributed by atoms with van der Waals surface area (Å²) in [5.74, 6) is 5.16. The first-order valence-electron chi connectivity index (χ1n) is 5.33. The third kappa shape index (κ3) is 2.61. The smallest absolute Gasteiger partial charge is 0.0132 e. The molecule has 0 aliphatic carbocycles. The zero-order valence-electron chi connectivity index (χ0n) is 9.52. The molecule has 0 bridgehead atoms. The van der Waals surface area contributed by atoms with Gasteiger partial charge in [-0.3, -0.25) is 0 Å². The minimum absolute atomic E-state index is 0.199. The Morgan fingerprint density at radius 2 is 1.56 bits per heavy atom. The molecule has 1 unspecified atom stereocenters. The van der Waals surface area contributed by atoms with Crippen LogP contribution in [0.3, 0.4) is 0 Å². The topological polar surface area (TPSA) is 0 Å². The van der Waals surface area contributed by atoms with E-state index in [1.165, 1.54) is 16.7 Å². The molecule has 0 aliphatic heterocycles. The van der Waals surface area contributed by atoms with E-state index in [1.807, 2.05) is 0 Å². The van der Waals surface area contributed by atoms with Crippen LogP contribution < -0.4 is 0 Å². The van der Waals surface area contributed by atoms with Crippen molar-refractivity contribution in [3.05, 3.63) is 60.2 Å². The average molecular weight is 228 g/mol. The van der Waals surface area contributed by atoms with Crippen molar-refractivity contribution in [2.75, 3.05) is 6.26 Å². The van der Waals surface area contributed by atoms with E-state index in [0.717, 1.165) is 5.75 Å². The summed E-state index contributed by atoms with van der Waals surface area (Å²) in [5.41, 5.74) is 4.03. The number of hydrogen-bond donors (Lipinski definition) is 0. The Morgan fingerprint density at radius 1 is 0.938 bits per heavy atom. The first-order chi connectivity index (χ1) is 7.77. The van der Waals surface area contributed by atoms with Gasteiger partial charge in [0.05, 0.1) is 0 Å². The van der Waals surface area contributed by atoms with Gasteiger partial charge < -0.3 is 0 Å². The Bertz CT molecular complexity index is 486. The Labute approximate surface area is 99.9 Å². The SMILES string of the molecule is C=S(C)Cc1ccccc1-c1ccccc1. The second-order valence-corrected chi connectivity index (χ2v) is 5.80. The van der Waals surface area contributed by atoms with Gasteiger partial charge in [0.2, 0.25) is 0 Å². The molecule has 0 fully saturated rings. The maximum atomic E-state index is 4.10. The van der Waals surface area contributed by atoms with Gasteiger partial charge in [-0.25, -0.2) is 0 Å². The Morgan fingerprint density at radius 3 is 2.25 bits per heavy atom. The van der Waals surface area contributed by atoms with Gasteiger partial charge in [0.15, 0.2) is 0 Å². The lowest BCUT2D eigenvalue weighted by Gasteiger charge is -2.09. The molecule has 2 aromatic carbocycles. The lowest BCUT2D eigenvalue weighted by molar-refractivity contribution is 1.41. The van der Waals surface area contributed by atoms with Crippen molar-refractivity contribution in [3.8, 4) is 11.1 Å². The molecule has 2 rings (SSSR count). The summed E-state index contributed by atoms with van der Waals surface area (Å²) in [6.07, 6.45) is 2.18. The molecule has 1 heteroatoms. The predicted molar refractivity (Wildman–Crippen MR) is 76.2 cm³/mol. The van der Waals surface area contributed by atoms with Gasteiger partial charge in [-0.1, -0.05) is 60.5 Å². The van der Waals surface area contributed by atoms with Gasteiger partial charge in [-0.05, 0) is 22.9 Å². The van der Waals surface area contributed by atoms with Crippen molar-refractivity contribution in [2.45, 2.75) is 5.75 Å². The average Bonchev–Trinajstić information content (AvgIpc) is 2.30. The number of rotatable bonds is 3. The van der Waals surface area contributed by atoms with Crippen LogP contribution in [0, 0.1) is 0 Å². The fourth-order valence-corrected chi connectivity index (χ4v) is 2.59. The number of hydrogen-bond acceptors (Lipinski definition) is 0. The van der Waals surface area contributed by atoms with Gasteiger partial charge in [0, 0.05) is 5.75 Å². The second-order valence-electron chi connectivity index (χ2n) is 3.95. The van der Waals surface area contributed by atoms with Gasteiger partial charge in [-0.15, -0.1) is 0 Å². The van der Waals surface area contributed by atoms with Gasteiger partial charge in [0.25, 0.3) is 0 Å². The highest BCUT2D eigenvalue weighted by Crippen LogP contribution is 2.27. The van der Waals surface area contributed by atoms with E-state index in [0.29, 0.717) is 0 Å². The van der Waals surface area contributed by atoms with Gasteiger partial charge in [0.1, 0.15) is 0 Å². The molecule has 0 heterocycles. The van der Waals surface area contributed by atoms with Crippen LogP contribution >= 0.6 is 10.5 Å². The summed E-state index contributed by atoms with van der Waals surface area (Å²) < 4.78 is 0. The minimum atomic E-state index is 0.199. The Balaban J connectivity index is 2.44. The molecular formula is C15H16S. The first-order valence-corrected chi connectivity index (χ1v) is 7.30. The molecule has 0 saturated heterocycles. The highest BCUT2D eigenvalue weighted by atomic mass is 32.2. The predicted octanol–water partition coefficient (Wildman–Crippen LogP) is 4.18. The van der Waals surface area contributed by atoms with E-state index in [9.17, 15) is 0 Å². The monoisotopic (exact) mass is 228 g/mol. The van der Waals surface area contributed by atoms with Crippen LogP contribution in [-0.2, 0) is 5.75 Å². The molecule has 0 amide bonds. The van der Waals surface area contributed by atoms with Crippen LogP contribution in [0.5, 0.6) is 0 Å². The third-order valence-corrected chi connectivity index (χ3v) is 3.31. The molecule has 0 saturated carbocycles. The molecule has 0 radical (unpaired) electrons. The van der Waals surface area contributed by atoms with Gasteiger partial charge in [-0.2, -0.15) is 10.5 Å². The van der Waals surface area contributed by atoms with E-state index in [1.54, 1.807) is 0 Å². The van der Waals surface area contributed by atoms with Crippen molar-refractivity contribution >= 4 is 16.4 Å². The zero-order valence-corrected chi connectivity index (χ0v) is 10.3. The van der Waals surface area contributed by atoms with Gasteiger partial charge >= 0.3 is 0 Å². The fourth-order valence-electron chi connectivity index (χ4n) is 1.81. The van der Waals surface area contributed by atoms with E-state index in [4.69, 9.17) is 0 Å². The van der Waals surface area contributed by atoms with E-state index in [2.05, 4.69) is 66.7 Å². The van der Waals surface area contributed by atoms with Crippen LogP contribution in [0.4, 0.5) is 0 Å². The lowest BCUT2D eigenvalue weighted by atomic mass is 10.0. The highest BCUT2D eigenvalue weighted by molar-refractivity contribution is 8.12. The van der Waals surface area contributed by atoms with Crippen molar-refractivity contribution < 1.29 is 0 Å². The summed E-state index contributed by atoms with van der Waals surface area (Å²) in [6, 6.07) is 19.2. The summed E-state index contributed by atoms with van der Waals surface area (Å²) in [7, 11) is 0.199. The van der Waals surface area contributed by atoms with Crippen molar-refractivity contribution in [3.63, 3.8) is 0 Å². The third-order valence-electron chi connectivity index (χ3n) is 2.50. The largest absolute Gasteiger partial charge is 0.192 e. The standard InChI is InChI=1S/C15H16S/c1-16(2)12-14-10-6-7-11-15(14)13-8-4-3-5-9-13/h3-11H,1,12H2,2H3. The van der Waals surface area contributed by atoms with E-state index >= 15 is 0 Å². The maximum Gasteiger partial charge on any atom is 0.0132 e. The highest BCUT2D eigenvalue weighted by Gasteiger charge is 2.03. The van der Waals surface area contributed by atoms with Crippen LogP contribution in [0.2, 0.25) is 0 Å². The van der Waals surface area contributed by atoms with Crippen LogP contribution in [0.15, 0.2) is 54.6 Å². The summed E-state index contributed by atoms with van der Waals surface area (Å²) in [5, 5.41) is 0. The normalized spacial score (nSPS) is 12.3. The van der Waals surface area contributed by atoms with Crippen molar-refractivity contribution in [1.29, 1.82) is 0 Å². The Kier molecular flexibility index (Phi) is 3.58. The zero-order chi connectivity index (χ0) is 11.4. The summed E-state index contributed by atoms with van der Waals surface area (Å²) >= 11 is 0. The maximum absolute atomic E-state index is 4.10. The summed E-state index contributed by atoms with van der Waals surface area (Å²) in [6.45, 7) is 0. The molecule has 0 spiro atoms. The second kappa shape index (κ2) is 5.13. The summed E-state index contributed by atoms with van der Waals surface area (Å²) in [4.78, 5) is 0. The van der Waals surface area contributed by atoms with Crippen molar-refractivity contribution in [1.82, 2.24) is 0 Å². The van der Waals surface area contributed by atoms with Crippen molar-refractivity contribution in [2.24, 2.45) is 0 Å². The van der Waals surface area contributed by atoms with E-state index < -0.39 is 0 Å². The molecule has 1 atom stereocenters. The molecule has 2 aromatic rings. The molecular weight excluding hydrogens is 212 g/mol.